The van der Waals surface area contributed by atoms with Gasteiger partial charge in [0.2, 0.25) is 0 Å². The Hall–Kier alpha value is -1.14. The number of benzene rings is 1. The third-order valence-electron chi connectivity index (χ3n) is 2.48. The molecule has 17 heavy (non-hydrogen) atoms. The minimum Gasteiger partial charge on any atom is -0.393 e. The Balaban J connectivity index is 3.19. The lowest BCUT2D eigenvalue weighted by molar-refractivity contribution is -0.197. The summed E-state index contributed by atoms with van der Waals surface area (Å²) in [6, 6.07) is 3.77. The molecule has 2 nitrogen and oxygen atoms in total. The van der Waals surface area contributed by atoms with E-state index < -0.39 is 30.1 Å². The third kappa shape index (κ3) is 2.95. The van der Waals surface area contributed by atoms with E-state index in [0.29, 0.717) is 0 Å². The second kappa shape index (κ2) is 4.62. The van der Waals surface area contributed by atoms with E-state index in [1.165, 1.54) is 6.92 Å². The van der Waals surface area contributed by atoms with Crippen molar-refractivity contribution in [1.82, 2.24) is 0 Å². The van der Waals surface area contributed by atoms with Crippen LogP contribution in [0.3, 0.4) is 0 Å². The lowest BCUT2D eigenvalue weighted by Crippen LogP contribution is -2.52. The molecule has 0 bridgehead atoms. The highest BCUT2D eigenvalue weighted by atomic mass is 19.4. The Kier molecular flexibility index (Phi) is 3.78. The van der Waals surface area contributed by atoms with Crippen LogP contribution >= 0.6 is 0 Å². The molecular weight excluding hydrogens is 238 g/mol. The summed E-state index contributed by atoms with van der Waals surface area (Å²) < 4.78 is 51.4. The van der Waals surface area contributed by atoms with Gasteiger partial charge in [-0.2, -0.15) is 13.2 Å². The van der Waals surface area contributed by atoms with E-state index in [4.69, 9.17) is 10.8 Å². The van der Waals surface area contributed by atoms with E-state index in [9.17, 15) is 17.6 Å². The average molecular weight is 251 g/mol. The Labute approximate surface area is 96.1 Å². The zero-order valence-corrected chi connectivity index (χ0v) is 9.13. The summed E-state index contributed by atoms with van der Waals surface area (Å²) >= 11 is 0. The van der Waals surface area contributed by atoms with Gasteiger partial charge in [0, 0.05) is 6.42 Å². The fourth-order valence-electron chi connectivity index (χ4n) is 1.61. The SMILES string of the molecule is CC(O)C[C@](N)(c1ccc(F)cc1)C(F)(F)F. The first-order valence-corrected chi connectivity index (χ1v) is 4.96. The number of aliphatic hydroxyl groups excluding tert-OH is 1. The lowest BCUT2D eigenvalue weighted by Gasteiger charge is -2.33. The van der Waals surface area contributed by atoms with Gasteiger partial charge in [0.15, 0.2) is 0 Å². The van der Waals surface area contributed by atoms with Crippen LogP contribution in [-0.4, -0.2) is 17.4 Å². The van der Waals surface area contributed by atoms with Gasteiger partial charge in [0.25, 0.3) is 0 Å². The molecule has 1 rings (SSSR count). The highest BCUT2D eigenvalue weighted by Crippen LogP contribution is 2.40. The predicted octanol–water partition coefficient (Wildman–Crippen LogP) is 2.31. The van der Waals surface area contributed by atoms with Crippen LogP contribution in [0.5, 0.6) is 0 Å². The van der Waals surface area contributed by atoms with Crippen LogP contribution in [0.4, 0.5) is 17.6 Å². The number of hydrogen-bond acceptors (Lipinski definition) is 2. The van der Waals surface area contributed by atoms with Gasteiger partial charge < -0.3 is 10.8 Å². The van der Waals surface area contributed by atoms with Crippen LogP contribution in [0.25, 0.3) is 0 Å². The summed E-state index contributed by atoms with van der Waals surface area (Å²) in [5, 5.41) is 9.11. The van der Waals surface area contributed by atoms with Gasteiger partial charge in [-0.1, -0.05) is 12.1 Å². The largest absolute Gasteiger partial charge is 0.410 e. The number of alkyl halides is 3. The molecule has 0 spiro atoms. The number of nitrogens with two attached hydrogens (primary N) is 1. The minimum atomic E-state index is -4.72. The van der Waals surface area contributed by atoms with Crippen molar-refractivity contribution < 1.29 is 22.7 Å². The highest BCUT2D eigenvalue weighted by Gasteiger charge is 2.53. The molecule has 0 heterocycles. The molecule has 0 radical (unpaired) electrons. The summed E-state index contributed by atoms with van der Waals surface area (Å²) in [5.74, 6) is -0.643. The Bertz CT molecular complexity index is 374. The predicted molar refractivity (Wildman–Crippen MR) is 54.6 cm³/mol. The zero-order valence-electron chi connectivity index (χ0n) is 9.13. The van der Waals surface area contributed by atoms with Gasteiger partial charge in [-0.3, -0.25) is 0 Å². The van der Waals surface area contributed by atoms with Crippen LogP contribution in [0.2, 0.25) is 0 Å². The molecule has 0 aliphatic rings. The molecule has 96 valence electrons. The number of halogens is 4. The maximum absolute atomic E-state index is 12.9. The average Bonchev–Trinajstić information content (AvgIpc) is 2.15. The maximum Gasteiger partial charge on any atom is 0.410 e. The molecular formula is C11H13F4NO. The zero-order chi connectivity index (χ0) is 13.3. The minimum absolute atomic E-state index is 0.271. The van der Waals surface area contributed by atoms with E-state index in [1.807, 2.05) is 0 Å². The van der Waals surface area contributed by atoms with Crippen molar-refractivity contribution in [3.8, 4) is 0 Å². The van der Waals surface area contributed by atoms with E-state index in [2.05, 4.69) is 0 Å². The molecule has 3 N–H and O–H groups in total. The van der Waals surface area contributed by atoms with Crippen molar-refractivity contribution in [2.75, 3.05) is 0 Å². The number of rotatable bonds is 3. The van der Waals surface area contributed by atoms with Crippen LogP contribution in [0.15, 0.2) is 24.3 Å². The van der Waals surface area contributed by atoms with Crippen molar-refractivity contribution in [3.63, 3.8) is 0 Å². The highest BCUT2D eigenvalue weighted by molar-refractivity contribution is 5.26. The Morgan fingerprint density at radius 2 is 1.71 bits per heavy atom. The molecule has 1 aromatic rings. The molecule has 0 saturated heterocycles. The van der Waals surface area contributed by atoms with Crippen LogP contribution in [0, 0.1) is 5.82 Å². The van der Waals surface area contributed by atoms with Crippen molar-refractivity contribution >= 4 is 0 Å². The third-order valence-corrected chi connectivity index (χ3v) is 2.48. The van der Waals surface area contributed by atoms with Crippen molar-refractivity contribution in [1.29, 1.82) is 0 Å². The molecule has 2 atom stereocenters. The molecule has 0 fully saturated rings. The summed E-state index contributed by atoms with van der Waals surface area (Å²) in [6.07, 6.45) is -6.61. The smallest absolute Gasteiger partial charge is 0.393 e. The number of hydrogen-bond donors (Lipinski definition) is 2. The summed E-state index contributed by atoms with van der Waals surface area (Å²) in [4.78, 5) is 0. The fourth-order valence-corrected chi connectivity index (χ4v) is 1.61. The molecule has 6 heteroatoms. The molecule has 1 unspecified atom stereocenters. The summed E-state index contributed by atoms with van der Waals surface area (Å²) in [7, 11) is 0. The van der Waals surface area contributed by atoms with Crippen LogP contribution in [0.1, 0.15) is 18.9 Å². The first kappa shape index (κ1) is 13.9. The standard InChI is InChI=1S/C11H13F4NO/c1-7(17)6-10(16,11(13,14)15)8-2-4-9(12)5-3-8/h2-5,7,17H,6,16H2,1H3/t7?,10-/m0/s1. The lowest BCUT2D eigenvalue weighted by atomic mass is 9.85. The molecule has 0 saturated carbocycles. The number of aliphatic hydroxyl groups is 1. The van der Waals surface area contributed by atoms with Crippen molar-refractivity contribution in [2.45, 2.75) is 31.2 Å². The van der Waals surface area contributed by atoms with Crippen molar-refractivity contribution in [3.05, 3.63) is 35.6 Å². The van der Waals surface area contributed by atoms with E-state index in [-0.39, 0.29) is 5.56 Å². The van der Waals surface area contributed by atoms with Gasteiger partial charge in [-0.15, -0.1) is 0 Å². The van der Waals surface area contributed by atoms with Gasteiger partial charge in [0.1, 0.15) is 11.4 Å². The Morgan fingerprint density at radius 3 is 2.06 bits per heavy atom. The summed E-state index contributed by atoms with van der Waals surface area (Å²) in [6.45, 7) is 1.22. The molecule has 0 amide bonds. The normalized spacial score (nSPS) is 17.6. The van der Waals surface area contributed by atoms with E-state index in [0.717, 1.165) is 24.3 Å². The topological polar surface area (TPSA) is 46.2 Å². The monoisotopic (exact) mass is 251 g/mol. The van der Waals surface area contributed by atoms with Gasteiger partial charge in [-0.25, -0.2) is 4.39 Å². The summed E-state index contributed by atoms with van der Waals surface area (Å²) in [5.41, 5.74) is 2.40. The van der Waals surface area contributed by atoms with Gasteiger partial charge >= 0.3 is 6.18 Å². The van der Waals surface area contributed by atoms with Gasteiger partial charge in [-0.05, 0) is 24.6 Å². The second-order valence-corrected chi connectivity index (χ2v) is 4.03. The first-order chi connectivity index (χ1) is 7.67. The molecule has 0 aliphatic heterocycles. The molecule has 0 aromatic heterocycles. The van der Waals surface area contributed by atoms with Gasteiger partial charge in [0.05, 0.1) is 6.10 Å². The van der Waals surface area contributed by atoms with E-state index >= 15 is 0 Å². The molecule has 1 aromatic carbocycles. The second-order valence-electron chi connectivity index (χ2n) is 4.03. The Morgan fingerprint density at radius 1 is 1.24 bits per heavy atom. The van der Waals surface area contributed by atoms with E-state index in [1.54, 1.807) is 0 Å². The van der Waals surface area contributed by atoms with Crippen LogP contribution in [-0.2, 0) is 5.54 Å². The molecule has 0 aliphatic carbocycles. The first-order valence-electron chi connectivity index (χ1n) is 4.96. The van der Waals surface area contributed by atoms with Crippen LogP contribution < -0.4 is 5.73 Å². The van der Waals surface area contributed by atoms with Crippen molar-refractivity contribution in [2.24, 2.45) is 5.73 Å². The fraction of sp³-hybridized carbons (Fsp3) is 0.455. The quantitative estimate of drug-likeness (QED) is 0.810. The maximum atomic E-state index is 12.9.